The fourth-order valence-corrected chi connectivity index (χ4v) is 5.20. The highest BCUT2D eigenvalue weighted by molar-refractivity contribution is 5.73. The predicted molar refractivity (Wildman–Crippen MR) is 144 cm³/mol. The van der Waals surface area contributed by atoms with Gasteiger partial charge < -0.3 is 20.1 Å². The third-order valence-corrected chi connectivity index (χ3v) is 7.80. The molecule has 0 radical (unpaired) electrons. The van der Waals surface area contributed by atoms with Crippen LogP contribution >= 0.6 is 0 Å². The number of nitrogens with two attached hydrogens (primary N) is 1. The van der Waals surface area contributed by atoms with Crippen LogP contribution in [0, 0.1) is 5.41 Å². The van der Waals surface area contributed by atoms with Gasteiger partial charge in [0.25, 0.3) is 0 Å². The second kappa shape index (κ2) is 10.4. The van der Waals surface area contributed by atoms with Crippen LogP contribution in [0.15, 0.2) is 66.7 Å². The molecule has 3 aromatic carbocycles. The molecule has 1 saturated heterocycles. The molecular formula is C31H36N2O3. The average molecular weight is 485 g/mol. The van der Waals surface area contributed by atoms with Gasteiger partial charge in [-0.1, -0.05) is 36.4 Å². The molecule has 0 bridgehead atoms. The summed E-state index contributed by atoms with van der Waals surface area (Å²) in [5.41, 5.74) is 13.5. The van der Waals surface area contributed by atoms with Crippen molar-refractivity contribution in [2.75, 3.05) is 25.1 Å². The zero-order chi connectivity index (χ0) is 25.1. The molecule has 2 fully saturated rings. The highest BCUT2D eigenvalue weighted by Gasteiger charge is 2.44. The first-order valence-electron chi connectivity index (χ1n) is 13.0. The van der Waals surface area contributed by atoms with E-state index in [1.54, 1.807) is 0 Å². The van der Waals surface area contributed by atoms with E-state index in [0.29, 0.717) is 17.8 Å². The lowest BCUT2D eigenvalue weighted by atomic mass is 9.92. The van der Waals surface area contributed by atoms with Crippen LogP contribution in [0.3, 0.4) is 0 Å². The first kappa shape index (κ1) is 24.4. The van der Waals surface area contributed by atoms with Crippen LogP contribution < -0.4 is 15.4 Å². The lowest BCUT2D eigenvalue weighted by Crippen LogP contribution is -2.34. The quantitative estimate of drug-likeness (QED) is 0.395. The van der Waals surface area contributed by atoms with E-state index in [1.165, 1.54) is 44.0 Å². The van der Waals surface area contributed by atoms with Gasteiger partial charge in [0.05, 0.1) is 13.5 Å². The van der Waals surface area contributed by atoms with Crippen molar-refractivity contribution in [3.63, 3.8) is 0 Å². The summed E-state index contributed by atoms with van der Waals surface area (Å²) in [5, 5.41) is 0. The number of carbonyl (C=O) groups excluding carboxylic acids is 1. The topological polar surface area (TPSA) is 64.8 Å². The number of para-hydroxylation sites is 1. The first-order valence-corrected chi connectivity index (χ1v) is 13.0. The predicted octanol–water partition coefficient (Wildman–Crippen LogP) is 6.05. The van der Waals surface area contributed by atoms with Gasteiger partial charge in [-0.25, -0.2) is 0 Å². The standard InChI is InChI=1S/C31H36N2O3/c1-22(32)24-7-5-8-25(18-24)27-16-23(17-28(19-27)33-14-12-31(10-11-31)13-15-33)21-36-29-9-4-3-6-26(29)20-30(34)35-2/h3-9,16-19,22H,10-15,20-21,32H2,1-2H3. The summed E-state index contributed by atoms with van der Waals surface area (Å²) in [7, 11) is 1.41. The van der Waals surface area contributed by atoms with E-state index >= 15 is 0 Å². The Morgan fingerprint density at radius 3 is 2.47 bits per heavy atom. The van der Waals surface area contributed by atoms with Gasteiger partial charge in [0.2, 0.25) is 0 Å². The van der Waals surface area contributed by atoms with Gasteiger partial charge in [-0.2, -0.15) is 0 Å². The molecule has 1 spiro atoms. The van der Waals surface area contributed by atoms with Gasteiger partial charge in [0.1, 0.15) is 12.4 Å². The van der Waals surface area contributed by atoms with Crippen molar-refractivity contribution < 1.29 is 14.3 Å². The summed E-state index contributed by atoms with van der Waals surface area (Å²) >= 11 is 0. The number of piperidine rings is 1. The van der Waals surface area contributed by atoms with E-state index in [9.17, 15) is 4.79 Å². The van der Waals surface area contributed by atoms with Crippen molar-refractivity contribution in [1.29, 1.82) is 0 Å². The highest BCUT2D eigenvalue weighted by atomic mass is 16.5. The van der Waals surface area contributed by atoms with Crippen molar-refractivity contribution in [2.24, 2.45) is 11.1 Å². The van der Waals surface area contributed by atoms with E-state index in [2.05, 4.69) is 47.4 Å². The normalized spacial score (nSPS) is 17.0. The molecule has 2 N–H and O–H groups in total. The molecule has 1 unspecified atom stereocenters. The molecule has 0 aromatic heterocycles. The molecule has 1 aliphatic carbocycles. The number of hydrogen-bond donors (Lipinski definition) is 1. The Morgan fingerprint density at radius 1 is 0.972 bits per heavy atom. The van der Waals surface area contributed by atoms with Gasteiger partial charge in [-0.3, -0.25) is 4.79 Å². The van der Waals surface area contributed by atoms with E-state index < -0.39 is 0 Å². The molecule has 1 aliphatic heterocycles. The number of rotatable bonds is 8. The van der Waals surface area contributed by atoms with E-state index in [4.69, 9.17) is 15.2 Å². The van der Waals surface area contributed by atoms with Crippen LogP contribution in [-0.4, -0.2) is 26.2 Å². The van der Waals surface area contributed by atoms with E-state index in [0.717, 1.165) is 35.3 Å². The number of nitrogens with zero attached hydrogens (tertiary/aromatic N) is 1. The van der Waals surface area contributed by atoms with Gasteiger partial charge in [-0.05, 0) is 90.6 Å². The minimum Gasteiger partial charge on any atom is -0.489 e. The van der Waals surface area contributed by atoms with E-state index in [-0.39, 0.29) is 18.4 Å². The molecule has 2 aliphatic rings. The molecule has 1 atom stereocenters. The van der Waals surface area contributed by atoms with Crippen molar-refractivity contribution in [1.82, 2.24) is 0 Å². The lowest BCUT2D eigenvalue weighted by molar-refractivity contribution is -0.139. The second-order valence-corrected chi connectivity index (χ2v) is 10.4. The minimum absolute atomic E-state index is 0.0147. The molecule has 1 saturated carbocycles. The average Bonchev–Trinajstić information content (AvgIpc) is 3.66. The Balaban J connectivity index is 1.43. The molecule has 5 heteroatoms. The lowest BCUT2D eigenvalue weighted by Gasteiger charge is -2.34. The monoisotopic (exact) mass is 484 g/mol. The molecule has 5 nitrogen and oxygen atoms in total. The zero-order valence-corrected chi connectivity index (χ0v) is 21.3. The third-order valence-electron chi connectivity index (χ3n) is 7.80. The van der Waals surface area contributed by atoms with Crippen LogP contribution in [0.4, 0.5) is 5.69 Å². The van der Waals surface area contributed by atoms with E-state index in [1.807, 2.05) is 31.2 Å². The summed E-state index contributed by atoms with van der Waals surface area (Å²) in [4.78, 5) is 14.4. The molecule has 36 heavy (non-hydrogen) atoms. The Bertz CT molecular complexity index is 1220. The highest BCUT2D eigenvalue weighted by Crippen LogP contribution is 2.54. The summed E-state index contributed by atoms with van der Waals surface area (Å²) in [5.74, 6) is 0.435. The Hall–Kier alpha value is -3.31. The molecule has 188 valence electrons. The summed E-state index contributed by atoms with van der Waals surface area (Å²) in [6, 6.07) is 22.9. The molecule has 1 heterocycles. The van der Waals surface area contributed by atoms with Gasteiger partial charge >= 0.3 is 5.97 Å². The van der Waals surface area contributed by atoms with Crippen LogP contribution in [-0.2, 0) is 22.6 Å². The SMILES string of the molecule is COC(=O)Cc1ccccc1OCc1cc(-c2cccc(C(C)N)c2)cc(N2CCC3(CC2)CC3)c1. The van der Waals surface area contributed by atoms with Crippen LogP contribution in [0.25, 0.3) is 11.1 Å². The number of anilines is 1. The van der Waals surface area contributed by atoms with Gasteiger partial charge in [-0.15, -0.1) is 0 Å². The van der Waals surface area contributed by atoms with Crippen molar-refractivity contribution in [3.05, 3.63) is 83.4 Å². The zero-order valence-electron chi connectivity index (χ0n) is 21.3. The minimum atomic E-state index is -0.275. The van der Waals surface area contributed by atoms with Crippen LogP contribution in [0.1, 0.15) is 55.3 Å². The van der Waals surface area contributed by atoms with Crippen molar-refractivity contribution in [3.8, 4) is 16.9 Å². The van der Waals surface area contributed by atoms with Crippen molar-refractivity contribution >= 4 is 11.7 Å². The number of ether oxygens (including phenoxy) is 2. The fourth-order valence-electron chi connectivity index (χ4n) is 5.20. The number of hydrogen-bond acceptors (Lipinski definition) is 5. The molecular weight excluding hydrogens is 448 g/mol. The van der Waals surface area contributed by atoms with Gasteiger partial charge in [0.15, 0.2) is 0 Å². The third kappa shape index (κ3) is 5.57. The Labute approximate surface area is 214 Å². The summed E-state index contributed by atoms with van der Waals surface area (Å²) in [6.07, 6.45) is 5.55. The maximum absolute atomic E-state index is 11.9. The summed E-state index contributed by atoms with van der Waals surface area (Å²) in [6.45, 7) is 4.64. The number of carbonyl (C=O) groups is 1. The number of methoxy groups -OCH3 is 1. The van der Waals surface area contributed by atoms with Crippen molar-refractivity contribution in [2.45, 2.75) is 51.7 Å². The first-order chi connectivity index (χ1) is 17.4. The van der Waals surface area contributed by atoms with Gasteiger partial charge in [0, 0.05) is 30.4 Å². The largest absolute Gasteiger partial charge is 0.489 e. The second-order valence-electron chi connectivity index (χ2n) is 10.4. The molecule has 3 aromatic rings. The number of benzene rings is 3. The smallest absolute Gasteiger partial charge is 0.310 e. The van der Waals surface area contributed by atoms with Crippen LogP contribution in [0.2, 0.25) is 0 Å². The maximum Gasteiger partial charge on any atom is 0.310 e. The maximum atomic E-state index is 11.9. The Kier molecular flexibility index (Phi) is 7.01. The molecule has 0 amide bonds. The number of esters is 1. The summed E-state index contributed by atoms with van der Waals surface area (Å²) < 4.78 is 11.1. The Morgan fingerprint density at radius 2 is 1.75 bits per heavy atom. The van der Waals surface area contributed by atoms with Crippen LogP contribution in [0.5, 0.6) is 5.75 Å². The fraction of sp³-hybridized carbons (Fsp3) is 0.387. The molecule has 5 rings (SSSR count).